The number of rotatable bonds is 7. The minimum absolute atomic E-state index is 0.146. The number of hydrogen-bond donors (Lipinski definition) is 2. The summed E-state index contributed by atoms with van der Waals surface area (Å²) in [5, 5.41) is 12.1. The van der Waals surface area contributed by atoms with Crippen LogP contribution < -0.4 is 10.2 Å². The number of amides is 2. The smallest absolute Gasteiger partial charge is 0.258 e. The largest absolute Gasteiger partial charge is 0.508 e. The van der Waals surface area contributed by atoms with Gasteiger partial charge in [0.25, 0.3) is 5.91 Å². The number of thioether (sulfide) groups is 1. The van der Waals surface area contributed by atoms with E-state index in [2.05, 4.69) is 5.32 Å². The molecule has 30 heavy (non-hydrogen) atoms. The maximum Gasteiger partial charge on any atom is 0.258 e. The Morgan fingerprint density at radius 2 is 1.60 bits per heavy atom. The van der Waals surface area contributed by atoms with E-state index in [-0.39, 0.29) is 29.1 Å². The number of benzene rings is 3. The van der Waals surface area contributed by atoms with Crippen LogP contribution in [-0.4, -0.2) is 29.7 Å². The molecule has 0 aliphatic heterocycles. The van der Waals surface area contributed by atoms with Crippen LogP contribution in [0.15, 0.2) is 72.8 Å². The van der Waals surface area contributed by atoms with Crippen molar-refractivity contribution >= 4 is 35.0 Å². The van der Waals surface area contributed by atoms with Gasteiger partial charge in [0.15, 0.2) is 0 Å². The van der Waals surface area contributed by atoms with Crippen molar-refractivity contribution < 1.29 is 19.1 Å². The monoisotopic (exact) mass is 424 g/mol. The summed E-state index contributed by atoms with van der Waals surface area (Å²) in [5.41, 5.74) is 2.79. The van der Waals surface area contributed by atoms with Gasteiger partial charge in [0.2, 0.25) is 5.91 Å². The van der Waals surface area contributed by atoms with Crippen LogP contribution in [0.4, 0.5) is 15.8 Å². The Labute approximate surface area is 178 Å². The first-order valence-corrected chi connectivity index (χ1v) is 10.4. The minimum atomic E-state index is -0.349. The van der Waals surface area contributed by atoms with E-state index < -0.39 is 0 Å². The number of hydrogen-bond acceptors (Lipinski definition) is 4. The lowest BCUT2D eigenvalue weighted by molar-refractivity contribution is -0.113. The fourth-order valence-corrected chi connectivity index (χ4v) is 3.51. The van der Waals surface area contributed by atoms with Gasteiger partial charge in [0.05, 0.1) is 5.75 Å². The Balaban J connectivity index is 1.49. The molecule has 0 fully saturated rings. The van der Waals surface area contributed by atoms with Crippen LogP contribution in [0.1, 0.15) is 15.9 Å². The van der Waals surface area contributed by atoms with E-state index >= 15 is 0 Å². The number of nitrogens with one attached hydrogen (secondary N) is 1. The first kappa shape index (κ1) is 21.4. The number of halogens is 1. The molecule has 2 N–H and O–H groups in total. The number of phenolic OH excluding ortho intramolecular Hbond substituents is 1. The van der Waals surface area contributed by atoms with Gasteiger partial charge in [-0.15, -0.1) is 11.8 Å². The third-order valence-electron chi connectivity index (χ3n) is 4.37. The van der Waals surface area contributed by atoms with Gasteiger partial charge in [0.1, 0.15) is 11.6 Å². The van der Waals surface area contributed by atoms with Crippen LogP contribution in [-0.2, 0) is 10.5 Å². The Hall–Kier alpha value is -3.32. The zero-order chi connectivity index (χ0) is 21.5. The number of anilines is 2. The van der Waals surface area contributed by atoms with Gasteiger partial charge in [-0.3, -0.25) is 9.59 Å². The molecule has 2 amide bonds. The zero-order valence-electron chi connectivity index (χ0n) is 16.3. The summed E-state index contributed by atoms with van der Waals surface area (Å²) in [6, 6.07) is 19.3. The molecule has 0 heterocycles. The number of carbonyl (C=O) groups excluding carboxylic acids is 2. The van der Waals surface area contributed by atoms with Crippen molar-refractivity contribution in [3.63, 3.8) is 0 Å². The zero-order valence-corrected chi connectivity index (χ0v) is 17.2. The third kappa shape index (κ3) is 5.84. The normalized spacial score (nSPS) is 10.5. The van der Waals surface area contributed by atoms with Gasteiger partial charge < -0.3 is 15.3 Å². The van der Waals surface area contributed by atoms with Crippen LogP contribution in [0.5, 0.6) is 5.75 Å². The quantitative estimate of drug-likeness (QED) is 0.578. The minimum Gasteiger partial charge on any atom is -0.508 e. The molecule has 7 heteroatoms. The lowest BCUT2D eigenvalue weighted by atomic mass is 10.1. The molecule has 0 aliphatic carbocycles. The highest BCUT2D eigenvalue weighted by molar-refractivity contribution is 7.99. The molecule has 0 bridgehead atoms. The van der Waals surface area contributed by atoms with E-state index in [0.717, 1.165) is 5.56 Å². The average molecular weight is 424 g/mol. The molecule has 0 saturated carbocycles. The van der Waals surface area contributed by atoms with Gasteiger partial charge >= 0.3 is 0 Å². The second-order valence-corrected chi connectivity index (χ2v) is 7.61. The van der Waals surface area contributed by atoms with Gasteiger partial charge in [-0.05, 0) is 66.2 Å². The Kier molecular flexibility index (Phi) is 7.08. The number of carbonyl (C=O) groups is 2. The summed E-state index contributed by atoms with van der Waals surface area (Å²) in [5.74, 6) is 0.375. The highest BCUT2D eigenvalue weighted by Crippen LogP contribution is 2.20. The molecule has 0 spiro atoms. The second kappa shape index (κ2) is 9.93. The van der Waals surface area contributed by atoms with Crippen molar-refractivity contribution in [2.24, 2.45) is 0 Å². The molecule has 0 unspecified atom stereocenters. The predicted octanol–water partition coefficient (Wildman–Crippen LogP) is 4.68. The SMILES string of the molecule is CN(C(=O)c1ccc(CSCC(=O)Nc2ccc(F)cc2)cc1)c1ccc(O)cc1. The van der Waals surface area contributed by atoms with E-state index in [0.29, 0.717) is 22.7 Å². The fourth-order valence-electron chi connectivity index (χ4n) is 2.72. The molecule has 0 aromatic heterocycles. The van der Waals surface area contributed by atoms with Crippen LogP contribution in [0.3, 0.4) is 0 Å². The van der Waals surface area contributed by atoms with E-state index in [1.165, 1.54) is 53.1 Å². The average Bonchev–Trinajstić information content (AvgIpc) is 2.75. The van der Waals surface area contributed by atoms with Gasteiger partial charge in [-0.25, -0.2) is 4.39 Å². The molecule has 0 saturated heterocycles. The Morgan fingerprint density at radius 3 is 2.23 bits per heavy atom. The summed E-state index contributed by atoms with van der Waals surface area (Å²) in [6.07, 6.45) is 0. The lowest BCUT2D eigenvalue weighted by Crippen LogP contribution is -2.26. The van der Waals surface area contributed by atoms with Gasteiger partial charge in [-0.1, -0.05) is 12.1 Å². The molecular formula is C23H21FN2O3S. The molecule has 3 rings (SSSR count). The summed E-state index contributed by atoms with van der Waals surface area (Å²) >= 11 is 1.45. The first-order valence-electron chi connectivity index (χ1n) is 9.21. The fraction of sp³-hybridized carbons (Fsp3) is 0.130. The molecule has 3 aromatic carbocycles. The summed E-state index contributed by atoms with van der Waals surface area (Å²) < 4.78 is 12.9. The van der Waals surface area contributed by atoms with Crippen LogP contribution >= 0.6 is 11.8 Å². The highest BCUT2D eigenvalue weighted by Gasteiger charge is 2.13. The Bertz CT molecular complexity index is 1010. The number of aromatic hydroxyl groups is 1. The molecule has 5 nitrogen and oxygen atoms in total. The summed E-state index contributed by atoms with van der Waals surface area (Å²) in [7, 11) is 1.68. The Morgan fingerprint density at radius 1 is 0.967 bits per heavy atom. The van der Waals surface area contributed by atoms with Gasteiger partial charge in [0, 0.05) is 29.7 Å². The summed E-state index contributed by atoms with van der Waals surface area (Å²) in [4.78, 5) is 26.1. The van der Waals surface area contributed by atoms with Crippen LogP contribution in [0, 0.1) is 5.82 Å². The van der Waals surface area contributed by atoms with Crippen LogP contribution in [0.2, 0.25) is 0 Å². The van der Waals surface area contributed by atoms with E-state index in [1.54, 1.807) is 31.3 Å². The van der Waals surface area contributed by atoms with Crippen LogP contribution in [0.25, 0.3) is 0 Å². The summed E-state index contributed by atoms with van der Waals surface area (Å²) in [6.45, 7) is 0. The van der Waals surface area contributed by atoms with Crippen molar-refractivity contribution in [3.8, 4) is 5.75 Å². The van der Waals surface area contributed by atoms with E-state index in [4.69, 9.17) is 0 Å². The number of nitrogens with zero attached hydrogens (tertiary/aromatic N) is 1. The van der Waals surface area contributed by atoms with E-state index in [9.17, 15) is 19.1 Å². The maximum absolute atomic E-state index is 12.9. The molecule has 0 radical (unpaired) electrons. The van der Waals surface area contributed by atoms with Crippen molar-refractivity contribution in [3.05, 3.63) is 89.7 Å². The van der Waals surface area contributed by atoms with Crippen molar-refractivity contribution in [1.82, 2.24) is 0 Å². The van der Waals surface area contributed by atoms with Gasteiger partial charge in [-0.2, -0.15) is 0 Å². The van der Waals surface area contributed by atoms with Crippen molar-refractivity contribution in [1.29, 1.82) is 0 Å². The third-order valence-corrected chi connectivity index (χ3v) is 5.38. The number of phenols is 1. The molecule has 154 valence electrons. The predicted molar refractivity (Wildman–Crippen MR) is 118 cm³/mol. The molecular weight excluding hydrogens is 403 g/mol. The maximum atomic E-state index is 12.9. The topological polar surface area (TPSA) is 69.6 Å². The first-order chi connectivity index (χ1) is 14.4. The van der Waals surface area contributed by atoms with E-state index in [1.807, 2.05) is 12.1 Å². The lowest BCUT2D eigenvalue weighted by Gasteiger charge is -2.17. The molecule has 0 aliphatic rings. The molecule has 3 aromatic rings. The highest BCUT2D eigenvalue weighted by atomic mass is 32.2. The van der Waals surface area contributed by atoms with Crippen molar-refractivity contribution in [2.75, 3.05) is 23.0 Å². The second-order valence-electron chi connectivity index (χ2n) is 6.63. The van der Waals surface area contributed by atoms with Crippen molar-refractivity contribution in [2.45, 2.75) is 5.75 Å². The standard InChI is InChI=1S/C23H21FN2O3S/c1-26(20-10-12-21(27)13-11-20)23(29)17-4-2-16(3-5-17)14-30-15-22(28)25-19-8-6-18(24)7-9-19/h2-13,27H,14-15H2,1H3,(H,25,28). The molecule has 0 atom stereocenters.